The minimum atomic E-state index is 0.158. The van der Waals surface area contributed by atoms with Crippen molar-refractivity contribution in [2.45, 2.75) is 38.0 Å². The van der Waals surface area contributed by atoms with Crippen LogP contribution >= 0.6 is 0 Å². The lowest BCUT2D eigenvalue weighted by atomic mass is 9.77. The molecule has 0 amide bonds. The minimum absolute atomic E-state index is 0.158. The van der Waals surface area contributed by atoms with Crippen LogP contribution in [0.4, 0.5) is 0 Å². The van der Waals surface area contributed by atoms with Crippen molar-refractivity contribution < 1.29 is 14.6 Å². The van der Waals surface area contributed by atoms with E-state index in [9.17, 15) is 5.11 Å². The van der Waals surface area contributed by atoms with E-state index in [0.717, 1.165) is 17.1 Å². The van der Waals surface area contributed by atoms with Crippen LogP contribution in [0.15, 0.2) is 18.2 Å². The maximum absolute atomic E-state index is 9.82. The number of aliphatic hydroxyl groups excluding tert-OH is 1. The van der Waals surface area contributed by atoms with Crippen molar-refractivity contribution in [3.63, 3.8) is 0 Å². The highest BCUT2D eigenvalue weighted by molar-refractivity contribution is 5.43. The molecular formula is C16H24O3. The average molecular weight is 264 g/mol. The van der Waals surface area contributed by atoms with E-state index in [-0.39, 0.29) is 12.5 Å². The van der Waals surface area contributed by atoms with Gasteiger partial charge in [-0.25, -0.2) is 0 Å². The van der Waals surface area contributed by atoms with Crippen molar-refractivity contribution in [2.75, 3.05) is 20.8 Å². The Hall–Kier alpha value is -1.22. The van der Waals surface area contributed by atoms with Crippen LogP contribution in [0.3, 0.4) is 0 Å². The lowest BCUT2D eigenvalue weighted by Crippen LogP contribution is -2.20. The third-order valence-corrected chi connectivity index (χ3v) is 4.25. The molecule has 1 N–H and O–H groups in total. The van der Waals surface area contributed by atoms with Gasteiger partial charge in [0, 0.05) is 11.5 Å². The van der Waals surface area contributed by atoms with Gasteiger partial charge in [-0.3, -0.25) is 0 Å². The molecule has 106 valence electrons. The summed E-state index contributed by atoms with van der Waals surface area (Å²) < 4.78 is 10.8. The first-order valence-corrected chi connectivity index (χ1v) is 7.13. The maximum atomic E-state index is 9.82. The highest BCUT2D eigenvalue weighted by atomic mass is 16.5. The Morgan fingerprint density at radius 3 is 2.47 bits per heavy atom. The van der Waals surface area contributed by atoms with Gasteiger partial charge in [0.25, 0.3) is 0 Å². The van der Waals surface area contributed by atoms with E-state index in [1.807, 2.05) is 18.2 Å². The van der Waals surface area contributed by atoms with Crippen LogP contribution in [-0.2, 0) is 0 Å². The highest BCUT2D eigenvalue weighted by Crippen LogP contribution is 2.40. The third-order valence-electron chi connectivity index (χ3n) is 4.25. The first kappa shape index (κ1) is 14.2. The molecule has 3 heteroatoms. The molecule has 0 saturated heterocycles. The summed E-state index contributed by atoms with van der Waals surface area (Å²) in [4.78, 5) is 0. The number of benzene rings is 1. The summed E-state index contributed by atoms with van der Waals surface area (Å²) in [5, 5.41) is 9.82. The lowest BCUT2D eigenvalue weighted by molar-refractivity contribution is 0.193. The van der Waals surface area contributed by atoms with Gasteiger partial charge in [0.05, 0.1) is 20.8 Å². The van der Waals surface area contributed by atoms with E-state index >= 15 is 0 Å². The van der Waals surface area contributed by atoms with E-state index in [1.54, 1.807) is 14.2 Å². The first-order chi connectivity index (χ1) is 9.30. The van der Waals surface area contributed by atoms with Crippen molar-refractivity contribution >= 4 is 0 Å². The predicted molar refractivity (Wildman–Crippen MR) is 75.9 cm³/mol. The molecule has 1 aromatic carbocycles. The Labute approximate surface area is 115 Å². The van der Waals surface area contributed by atoms with Gasteiger partial charge >= 0.3 is 0 Å². The molecule has 0 aromatic heterocycles. The zero-order chi connectivity index (χ0) is 13.7. The Morgan fingerprint density at radius 1 is 1.16 bits per heavy atom. The minimum Gasteiger partial charge on any atom is -0.497 e. The second-order valence-electron chi connectivity index (χ2n) is 5.30. The van der Waals surface area contributed by atoms with Gasteiger partial charge in [0.2, 0.25) is 0 Å². The molecule has 1 aliphatic rings. The molecule has 0 aliphatic heterocycles. The topological polar surface area (TPSA) is 38.7 Å². The van der Waals surface area contributed by atoms with E-state index in [2.05, 4.69) is 0 Å². The zero-order valence-corrected chi connectivity index (χ0v) is 11.9. The Kier molecular flexibility index (Phi) is 5.08. The maximum Gasteiger partial charge on any atom is 0.122 e. The molecule has 1 aliphatic carbocycles. The molecule has 1 aromatic rings. The number of hydrogen-bond donors (Lipinski definition) is 1. The fraction of sp³-hybridized carbons (Fsp3) is 0.625. The molecule has 0 heterocycles. The summed E-state index contributed by atoms with van der Waals surface area (Å²) in [6.07, 6.45) is 6.27. The second kappa shape index (κ2) is 6.80. The van der Waals surface area contributed by atoms with Crippen molar-refractivity contribution in [2.24, 2.45) is 5.92 Å². The van der Waals surface area contributed by atoms with Crippen LogP contribution < -0.4 is 9.47 Å². The van der Waals surface area contributed by atoms with Crippen LogP contribution in [0.1, 0.15) is 43.6 Å². The smallest absolute Gasteiger partial charge is 0.122 e. The van der Waals surface area contributed by atoms with Crippen molar-refractivity contribution in [3.05, 3.63) is 23.8 Å². The van der Waals surface area contributed by atoms with Crippen LogP contribution in [0.2, 0.25) is 0 Å². The molecule has 0 bridgehead atoms. The lowest BCUT2D eigenvalue weighted by Gasteiger charge is -2.30. The van der Waals surface area contributed by atoms with E-state index in [0.29, 0.717) is 5.92 Å². The zero-order valence-electron chi connectivity index (χ0n) is 11.9. The van der Waals surface area contributed by atoms with E-state index < -0.39 is 0 Å². The van der Waals surface area contributed by atoms with Crippen LogP contribution in [0.5, 0.6) is 11.5 Å². The van der Waals surface area contributed by atoms with Gasteiger partial charge < -0.3 is 14.6 Å². The number of aliphatic hydroxyl groups is 1. The van der Waals surface area contributed by atoms with Crippen LogP contribution in [0.25, 0.3) is 0 Å². The molecule has 1 atom stereocenters. The van der Waals surface area contributed by atoms with Crippen LogP contribution in [0, 0.1) is 5.92 Å². The summed E-state index contributed by atoms with van der Waals surface area (Å²) in [6, 6.07) is 5.84. The number of hydrogen-bond acceptors (Lipinski definition) is 3. The SMILES string of the molecule is COc1ccc(OC)c(C(CO)C2CCCCC2)c1. The van der Waals surface area contributed by atoms with Crippen molar-refractivity contribution in [3.8, 4) is 11.5 Å². The standard InChI is InChI=1S/C16H24O3/c1-18-13-8-9-16(19-2)14(10-13)15(11-17)12-6-4-3-5-7-12/h8-10,12,15,17H,3-7,11H2,1-2H3. The monoisotopic (exact) mass is 264 g/mol. The Bertz CT molecular complexity index is 397. The second-order valence-corrected chi connectivity index (χ2v) is 5.30. The summed E-state index contributed by atoms with van der Waals surface area (Å²) in [6.45, 7) is 0.175. The molecule has 0 radical (unpaired) electrons. The molecular weight excluding hydrogens is 240 g/mol. The molecule has 1 fully saturated rings. The molecule has 3 nitrogen and oxygen atoms in total. The van der Waals surface area contributed by atoms with Crippen molar-refractivity contribution in [1.29, 1.82) is 0 Å². The third kappa shape index (κ3) is 3.21. The highest BCUT2D eigenvalue weighted by Gasteiger charge is 2.27. The molecule has 19 heavy (non-hydrogen) atoms. The van der Waals surface area contributed by atoms with Gasteiger partial charge in [-0.1, -0.05) is 19.3 Å². The van der Waals surface area contributed by atoms with Crippen LogP contribution in [-0.4, -0.2) is 25.9 Å². The summed E-state index contributed by atoms with van der Waals surface area (Å²) in [5.74, 6) is 2.39. The number of methoxy groups -OCH3 is 2. The quantitative estimate of drug-likeness (QED) is 0.886. The fourth-order valence-corrected chi connectivity index (χ4v) is 3.17. The molecule has 1 saturated carbocycles. The number of ether oxygens (including phenoxy) is 2. The molecule has 1 unspecified atom stereocenters. The van der Waals surface area contributed by atoms with Gasteiger partial charge in [0.15, 0.2) is 0 Å². The van der Waals surface area contributed by atoms with E-state index in [1.165, 1.54) is 32.1 Å². The Balaban J connectivity index is 2.29. The molecule has 0 spiro atoms. The largest absolute Gasteiger partial charge is 0.497 e. The predicted octanol–water partition coefficient (Wildman–Crippen LogP) is 3.36. The summed E-state index contributed by atoms with van der Waals surface area (Å²) >= 11 is 0. The molecule has 2 rings (SSSR count). The summed E-state index contributed by atoms with van der Waals surface area (Å²) in [7, 11) is 3.35. The van der Waals surface area contributed by atoms with Gasteiger partial charge in [-0.2, -0.15) is 0 Å². The van der Waals surface area contributed by atoms with Gasteiger partial charge in [-0.15, -0.1) is 0 Å². The fourth-order valence-electron chi connectivity index (χ4n) is 3.17. The average Bonchev–Trinajstić information content (AvgIpc) is 2.49. The van der Waals surface area contributed by atoms with Gasteiger partial charge in [0.1, 0.15) is 11.5 Å². The summed E-state index contributed by atoms with van der Waals surface area (Å²) in [5.41, 5.74) is 1.08. The number of rotatable bonds is 5. The van der Waals surface area contributed by atoms with Gasteiger partial charge in [-0.05, 0) is 37.0 Å². The van der Waals surface area contributed by atoms with E-state index in [4.69, 9.17) is 9.47 Å². The first-order valence-electron chi connectivity index (χ1n) is 7.13. The Morgan fingerprint density at radius 2 is 1.89 bits per heavy atom. The van der Waals surface area contributed by atoms with Crippen molar-refractivity contribution in [1.82, 2.24) is 0 Å². The normalized spacial score (nSPS) is 18.1.